The van der Waals surface area contributed by atoms with Crippen molar-refractivity contribution in [2.45, 2.75) is 32.7 Å². The first-order valence-electron chi connectivity index (χ1n) is 5.59. The maximum atomic E-state index is 12.1. The first-order chi connectivity index (χ1) is 7.95. The van der Waals surface area contributed by atoms with E-state index >= 15 is 0 Å². The zero-order valence-electron chi connectivity index (χ0n) is 10.4. The monoisotopic (exact) mass is 270 g/mol. The Hall–Kier alpha value is -0.940. The molecule has 0 aliphatic carbocycles. The Labute approximate surface area is 112 Å². The molecule has 2 N–H and O–H groups in total. The van der Waals surface area contributed by atoms with Crippen molar-refractivity contribution in [3.8, 4) is 0 Å². The van der Waals surface area contributed by atoms with E-state index in [2.05, 4.69) is 6.92 Å². The fourth-order valence-electron chi connectivity index (χ4n) is 1.48. The van der Waals surface area contributed by atoms with E-state index < -0.39 is 0 Å². The molecule has 0 bridgehead atoms. The Morgan fingerprint density at radius 1 is 1.59 bits per heavy atom. The number of nitrogens with zero attached hydrogens (tertiary/aromatic N) is 1. The Morgan fingerprint density at radius 2 is 2.24 bits per heavy atom. The highest BCUT2D eigenvalue weighted by Gasteiger charge is 2.19. The molecule has 1 aromatic rings. The lowest BCUT2D eigenvalue weighted by molar-refractivity contribution is 0.0753. The van der Waals surface area contributed by atoms with Crippen LogP contribution in [0.25, 0.3) is 0 Å². The molecule has 1 unspecified atom stereocenters. The molecule has 0 radical (unpaired) electrons. The largest absolute Gasteiger partial charge is 0.393 e. The van der Waals surface area contributed by atoms with E-state index in [4.69, 9.17) is 18.0 Å². The highest BCUT2D eigenvalue weighted by atomic mass is 32.1. The molecule has 0 aromatic carbocycles. The summed E-state index contributed by atoms with van der Waals surface area (Å²) in [6, 6.07) is 3.92. The fraction of sp³-hybridized carbons (Fsp3) is 0.500. The summed E-state index contributed by atoms with van der Waals surface area (Å²) in [7, 11) is 1.79. The first-order valence-corrected chi connectivity index (χ1v) is 6.82. The predicted molar refractivity (Wildman–Crippen MR) is 76.7 cm³/mol. The van der Waals surface area contributed by atoms with E-state index in [9.17, 15) is 4.79 Å². The zero-order valence-corrected chi connectivity index (χ0v) is 12.0. The van der Waals surface area contributed by atoms with Gasteiger partial charge in [-0.05, 0) is 25.5 Å². The Balaban J connectivity index is 2.71. The summed E-state index contributed by atoms with van der Waals surface area (Å²) in [4.78, 5) is 16.3. The number of hydrogen-bond donors (Lipinski definition) is 1. The van der Waals surface area contributed by atoms with Crippen molar-refractivity contribution in [1.29, 1.82) is 0 Å². The summed E-state index contributed by atoms with van der Waals surface area (Å²) in [6.45, 7) is 4.03. The number of carbonyl (C=O) groups excluding carboxylic acids is 1. The standard InChI is InChI=1S/C12H18N2OS2/c1-4-9-5-6-10(17-9)12(15)14(3)8(2)7-11(13)16/h5-6,8H,4,7H2,1-3H3,(H2,13,16). The minimum absolute atomic E-state index is 0.0344. The highest BCUT2D eigenvalue weighted by molar-refractivity contribution is 7.80. The van der Waals surface area contributed by atoms with Gasteiger partial charge in [0.2, 0.25) is 0 Å². The van der Waals surface area contributed by atoms with Crippen LogP contribution in [-0.4, -0.2) is 28.9 Å². The van der Waals surface area contributed by atoms with E-state index in [1.165, 1.54) is 4.88 Å². The van der Waals surface area contributed by atoms with E-state index in [0.29, 0.717) is 11.4 Å². The van der Waals surface area contributed by atoms with Crippen molar-refractivity contribution in [2.75, 3.05) is 7.05 Å². The van der Waals surface area contributed by atoms with Crippen molar-refractivity contribution in [2.24, 2.45) is 5.73 Å². The molecule has 3 nitrogen and oxygen atoms in total. The van der Waals surface area contributed by atoms with E-state index in [1.807, 2.05) is 19.1 Å². The summed E-state index contributed by atoms with van der Waals surface area (Å²) in [5.74, 6) is 0.0402. The number of rotatable bonds is 5. The van der Waals surface area contributed by atoms with Gasteiger partial charge in [0.15, 0.2) is 0 Å². The molecule has 17 heavy (non-hydrogen) atoms. The Bertz CT molecular complexity index is 414. The summed E-state index contributed by atoms with van der Waals surface area (Å²) < 4.78 is 0. The Kier molecular flexibility index (Phi) is 5.08. The molecular formula is C12H18N2OS2. The van der Waals surface area contributed by atoms with Crippen molar-refractivity contribution >= 4 is 34.5 Å². The molecule has 94 valence electrons. The lowest BCUT2D eigenvalue weighted by Gasteiger charge is -2.23. The SMILES string of the molecule is CCc1ccc(C(=O)N(C)C(C)CC(N)=S)s1. The second-order valence-corrected chi connectivity index (χ2v) is 5.75. The van der Waals surface area contributed by atoms with Gasteiger partial charge in [0.1, 0.15) is 0 Å². The molecule has 1 rings (SSSR count). The molecule has 1 heterocycles. The third kappa shape index (κ3) is 3.78. The molecule has 0 aliphatic heterocycles. The van der Waals surface area contributed by atoms with Crippen LogP contribution in [0.5, 0.6) is 0 Å². The predicted octanol–water partition coefficient (Wildman–Crippen LogP) is 2.45. The topological polar surface area (TPSA) is 46.3 Å². The number of aryl methyl sites for hydroxylation is 1. The van der Waals surface area contributed by atoms with Crippen LogP contribution in [-0.2, 0) is 6.42 Å². The second kappa shape index (κ2) is 6.12. The molecule has 0 aliphatic rings. The highest BCUT2D eigenvalue weighted by Crippen LogP contribution is 2.19. The third-order valence-electron chi connectivity index (χ3n) is 2.70. The molecule has 5 heteroatoms. The molecule has 0 spiro atoms. The van der Waals surface area contributed by atoms with Gasteiger partial charge in [-0.1, -0.05) is 19.1 Å². The van der Waals surface area contributed by atoms with Crippen LogP contribution >= 0.6 is 23.6 Å². The lowest BCUT2D eigenvalue weighted by atomic mass is 10.2. The van der Waals surface area contributed by atoms with E-state index in [0.717, 1.165) is 11.3 Å². The van der Waals surface area contributed by atoms with Crippen LogP contribution in [0, 0.1) is 0 Å². The first kappa shape index (κ1) is 14.1. The van der Waals surface area contributed by atoms with Crippen LogP contribution in [0.1, 0.15) is 34.8 Å². The number of hydrogen-bond acceptors (Lipinski definition) is 3. The molecule has 1 amide bonds. The van der Waals surface area contributed by atoms with Gasteiger partial charge in [-0.15, -0.1) is 11.3 Å². The number of thiophene rings is 1. The second-order valence-electron chi connectivity index (χ2n) is 4.06. The molecule has 0 saturated heterocycles. The van der Waals surface area contributed by atoms with Crippen molar-refractivity contribution in [1.82, 2.24) is 4.90 Å². The Morgan fingerprint density at radius 3 is 2.71 bits per heavy atom. The van der Waals surface area contributed by atoms with Crippen molar-refractivity contribution in [3.05, 3.63) is 21.9 Å². The molecule has 1 aromatic heterocycles. The zero-order chi connectivity index (χ0) is 13.0. The molecular weight excluding hydrogens is 252 g/mol. The molecule has 0 fully saturated rings. The van der Waals surface area contributed by atoms with Gasteiger partial charge in [0.05, 0.1) is 9.87 Å². The van der Waals surface area contributed by atoms with Crippen LogP contribution in [0.4, 0.5) is 0 Å². The summed E-state index contributed by atoms with van der Waals surface area (Å²) in [5, 5.41) is 0. The van der Waals surface area contributed by atoms with Crippen LogP contribution in [0.3, 0.4) is 0 Å². The van der Waals surface area contributed by atoms with Crippen LogP contribution in [0.15, 0.2) is 12.1 Å². The van der Waals surface area contributed by atoms with Gasteiger partial charge in [0.25, 0.3) is 5.91 Å². The average Bonchev–Trinajstić information content (AvgIpc) is 2.74. The minimum Gasteiger partial charge on any atom is -0.393 e. The number of nitrogens with two attached hydrogens (primary N) is 1. The van der Waals surface area contributed by atoms with Gasteiger partial charge < -0.3 is 10.6 Å². The van der Waals surface area contributed by atoms with Crippen LogP contribution < -0.4 is 5.73 Å². The number of thiocarbonyl (C=S) groups is 1. The van der Waals surface area contributed by atoms with Gasteiger partial charge in [0, 0.05) is 24.4 Å². The molecule has 1 atom stereocenters. The maximum Gasteiger partial charge on any atom is 0.263 e. The molecule has 0 saturated carbocycles. The summed E-state index contributed by atoms with van der Waals surface area (Å²) in [5.41, 5.74) is 5.49. The third-order valence-corrected chi connectivity index (χ3v) is 4.08. The fourth-order valence-corrected chi connectivity index (χ4v) is 2.66. The normalized spacial score (nSPS) is 12.2. The average molecular weight is 270 g/mol. The smallest absolute Gasteiger partial charge is 0.263 e. The summed E-state index contributed by atoms with van der Waals surface area (Å²) in [6.07, 6.45) is 1.52. The van der Waals surface area contributed by atoms with Gasteiger partial charge in [-0.2, -0.15) is 0 Å². The lowest BCUT2D eigenvalue weighted by Crippen LogP contribution is -2.37. The summed E-state index contributed by atoms with van der Waals surface area (Å²) >= 11 is 6.41. The quantitative estimate of drug-likeness (QED) is 0.836. The van der Waals surface area contributed by atoms with E-state index in [-0.39, 0.29) is 11.9 Å². The minimum atomic E-state index is 0.0344. The van der Waals surface area contributed by atoms with Crippen molar-refractivity contribution in [3.63, 3.8) is 0 Å². The number of carbonyl (C=O) groups is 1. The van der Waals surface area contributed by atoms with Gasteiger partial charge >= 0.3 is 0 Å². The van der Waals surface area contributed by atoms with Crippen molar-refractivity contribution < 1.29 is 4.79 Å². The van der Waals surface area contributed by atoms with Gasteiger partial charge in [-0.3, -0.25) is 4.79 Å². The maximum absolute atomic E-state index is 12.1. The number of amides is 1. The van der Waals surface area contributed by atoms with Gasteiger partial charge in [-0.25, -0.2) is 0 Å². The van der Waals surface area contributed by atoms with Crippen LogP contribution in [0.2, 0.25) is 0 Å². The van der Waals surface area contributed by atoms with E-state index in [1.54, 1.807) is 23.3 Å².